The fourth-order valence-corrected chi connectivity index (χ4v) is 3.94. The van der Waals surface area contributed by atoms with Crippen LogP contribution in [-0.2, 0) is 4.79 Å². The number of amides is 1. The summed E-state index contributed by atoms with van der Waals surface area (Å²) >= 11 is 12.3. The van der Waals surface area contributed by atoms with Gasteiger partial charge in [0, 0.05) is 11.6 Å². The standard InChI is InChI=1S/C21H16ClNO4S2/c1-3-10-23-19(24)18(29-21(23)28)12-13-4-9-16(17(11-13)26-2)27-20(25)14-5-7-15(22)8-6-14/h3-9,11-12H,1,10H2,2H3/b18-12+. The number of carbonyl (C=O) groups is 2. The molecule has 3 rings (SSSR count). The Morgan fingerprint density at radius 2 is 1.97 bits per heavy atom. The molecule has 0 aliphatic carbocycles. The summed E-state index contributed by atoms with van der Waals surface area (Å²) in [6.45, 7) is 4.00. The molecule has 0 N–H and O–H groups in total. The maximum atomic E-state index is 12.4. The summed E-state index contributed by atoms with van der Waals surface area (Å²) in [6.07, 6.45) is 3.34. The van der Waals surface area contributed by atoms with Crippen molar-refractivity contribution in [3.63, 3.8) is 0 Å². The van der Waals surface area contributed by atoms with Crippen molar-refractivity contribution in [3.05, 3.63) is 76.2 Å². The summed E-state index contributed by atoms with van der Waals surface area (Å²) < 4.78 is 11.3. The number of thioether (sulfide) groups is 1. The van der Waals surface area contributed by atoms with E-state index in [1.807, 2.05) is 0 Å². The van der Waals surface area contributed by atoms with Gasteiger partial charge in [-0.3, -0.25) is 9.69 Å². The summed E-state index contributed by atoms with van der Waals surface area (Å²) in [5.74, 6) is -0.0680. The molecule has 0 radical (unpaired) electrons. The van der Waals surface area contributed by atoms with Gasteiger partial charge in [0.1, 0.15) is 4.32 Å². The number of hydrogen-bond donors (Lipinski definition) is 0. The lowest BCUT2D eigenvalue weighted by molar-refractivity contribution is -0.121. The van der Waals surface area contributed by atoms with Crippen LogP contribution < -0.4 is 9.47 Å². The molecule has 1 heterocycles. The van der Waals surface area contributed by atoms with E-state index in [1.165, 1.54) is 23.8 Å². The number of rotatable bonds is 6. The fraction of sp³-hybridized carbons (Fsp3) is 0.0952. The summed E-state index contributed by atoms with van der Waals surface area (Å²) in [4.78, 5) is 26.8. The van der Waals surface area contributed by atoms with Crippen molar-refractivity contribution < 1.29 is 19.1 Å². The minimum absolute atomic E-state index is 0.169. The molecule has 1 fully saturated rings. The molecule has 0 unspecified atom stereocenters. The molecule has 0 bridgehead atoms. The van der Waals surface area contributed by atoms with Crippen LogP contribution in [0.4, 0.5) is 0 Å². The average molecular weight is 446 g/mol. The van der Waals surface area contributed by atoms with Crippen LogP contribution in [0, 0.1) is 0 Å². The van der Waals surface area contributed by atoms with Crippen LogP contribution in [0.25, 0.3) is 6.08 Å². The fourth-order valence-electron chi connectivity index (χ4n) is 2.54. The number of halogens is 1. The molecule has 1 aliphatic heterocycles. The van der Waals surface area contributed by atoms with Crippen LogP contribution in [0.1, 0.15) is 15.9 Å². The maximum Gasteiger partial charge on any atom is 0.343 e. The molecule has 0 atom stereocenters. The quantitative estimate of drug-likeness (QED) is 0.206. The van der Waals surface area contributed by atoms with Crippen molar-refractivity contribution in [1.29, 1.82) is 0 Å². The lowest BCUT2D eigenvalue weighted by atomic mass is 10.1. The molecule has 1 amide bonds. The molecular formula is C21H16ClNO4S2. The van der Waals surface area contributed by atoms with Gasteiger partial charge in [-0.1, -0.05) is 47.7 Å². The van der Waals surface area contributed by atoms with E-state index < -0.39 is 5.97 Å². The van der Waals surface area contributed by atoms with Crippen molar-refractivity contribution in [2.45, 2.75) is 0 Å². The highest BCUT2D eigenvalue weighted by atomic mass is 35.5. The third-order valence-electron chi connectivity index (χ3n) is 3.95. The predicted molar refractivity (Wildman–Crippen MR) is 119 cm³/mol. The van der Waals surface area contributed by atoms with E-state index in [4.69, 9.17) is 33.3 Å². The van der Waals surface area contributed by atoms with Crippen molar-refractivity contribution in [2.75, 3.05) is 13.7 Å². The number of carbonyl (C=O) groups excluding carboxylic acids is 2. The van der Waals surface area contributed by atoms with Gasteiger partial charge in [-0.15, -0.1) is 6.58 Å². The summed E-state index contributed by atoms with van der Waals surface area (Å²) in [7, 11) is 1.47. The van der Waals surface area contributed by atoms with Crippen molar-refractivity contribution in [2.24, 2.45) is 0 Å². The zero-order chi connectivity index (χ0) is 21.0. The molecule has 29 heavy (non-hydrogen) atoms. The van der Waals surface area contributed by atoms with Crippen LogP contribution in [0.2, 0.25) is 5.02 Å². The minimum Gasteiger partial charge on any atom is -0.493 e. The maximum absolute atomic E-state index is 12.4. The summed E-state index contributed by atoms with van der Waals surface area (Å²) in [5.41, 5.74) is 1.08. The van der Waals surface area contributed by atoms with Crippen molar-refractivity contribution in [1.82, 2.24) is 4.90 Å². The summed E-state index contributed by atoms with van der Waals surface area (Å²) in [6, 6.07) is 11.4. The first-order valence-electron chi connectivity index (χ1n) is 8.45. The Hall–Kier alpha value is -2.61. The topological polar surface area (TPSA) is 55.8 Å². The molecule has 2 aromatic carbocycles. The van der Waals surface area contributed by atoms with Crippen LogP contribution in [0.5, 0.6) is 11.5 Å². The number of benzene rings is 2. The molecule has 1 saturated heterocycles. The second-order valence-electron chi connectivity index (χ2n) is 5.89. The number of ether oxygens (including phenoxy) is 2. The van der Waals surface area contributed by atoms with Crippen LogP contribution >= 0.6 is 35.6 Å². The normalized spacial score (nSPS) is 15.0. The van der Waals surface area contributed by atoms with E-state index in [-0.39, 0.29) is 11.7 Å². The highest BCUT2D eigenvalue weighted by Crippen LogP contribution is 2.35. The Balaban J connectivity index is 1.81. The smallest absolute Gasteiger partial charge is 0.343 e. The SMILES string of the molecule is C=CCN1C(=O)/C(=C\c2ccc(OC(=O)c3ccc(Cl)cc3)c(OC)c2)SC1=S. The molecular weight excluding hydrogens is 430 g/mol. The van der Waals surface area contributed by atoms with Crippen molar-refractivity contribution in [3.8, 4) is 11.5 Å². The van der Waals surface area contributed by atoms with Gasteiger partial charge in [0.2, 0.25) is 0 Å². The van der Waals surface area contributed by atoms with Gasteiger partial charge >= 0.3 is 5.97 Å². The van der Waals surface area contributed by atoms with Crippen LogP contribution in [0.3, 0.4) is 0 Å². The first kappa shape index (κ1) is 21.1. The average Bonchev–Trinajstić information content (AvgIpc) is 2.97. The van der Waals surface area contributed by atoms with E-state index in [9.17, 15) is 9.59 Å². The lowest BCUT2D eigenvalue weighted by Crippen LogP contribution is -2.27. The minimum atomic E-state index is -0.530. The second kappa shape index (κ2) is 9.26. The highest BCUT2D eigenvalue weighted by Gasteiger charge is 2.31. The Labute approximate surface area is 182 Å². The third kappa shape index (κ3) is 4.87. The third-order valence-corrected chi connectivity index (χ3v) is 5.58. The molecule has 0 saturated carbocycles. The van der Waals surface area contributed by atoms with Gasteiger partial charge in [-0.25, -0.2) is 4.79 Å². The van der Waals surface area contributed by atoms with E-state index in [1.54, 1.807) is 54.6 Å². The van der Waals surface area contributed by atoms with Gasteiger partial charge in [0.25, 0.3) is 5.91 Å². The zero-order valence-electron chi connectivity index (χ0n) is 15.4. The van der Waals surface area contributed by atoms with E-state index >= 15 is 0 Å². The Morgan fingerprint density at radius 3 is 2.62 bits per heavy atom. The lowest BCUT2D eigenvalue weighted by Gasteiger charge is -2.11. The van der Waals surface area contributed by atoms with Crippen molar-refractivity contribution >= 4 is 57.9 Å². The molecule has 2 aromatic rings. The van der Waals surface area contributed by atoms with E-state index in [0.29, 0.717) is 37.7 Å². The molecule has 1 aliphatic rings. The van der Waals surface area contributed by atoms with Gasteiger partial charge in [0.05, 0.1) is 17.6 Å². The number of esters is 1. The molecule has 5 nitrogen and oxygen atoms in total. The largest absolute Gasteiger partial charge is 0.493 e. The van der Waals surface area contributed by atoms with Gasteiger partial charge < -0.3 is 9.47 Å². The zero-order valence-corrected chi connectivity index (χ0v) is 17.8. The van der Waals surface area contributed by atoms with Crippen LogP contribution in [-0.4, -0.2) is 34.8 Å². The first-order chi connectivity index (χ1) is 13.9. The number of hydrogen-bond acceptors (Lipinski definition) is 6. The number of methoxy groups -OCH3 is 1. The molecule has 0 aromatic heterocycles. The van der Waals surface area contributed by atoms with E-state index in [2.05, 4.69) is 6.58 Å². The van der Waals surface area contributed by atoms with E-state index in [0.717, 1.165) is 0 Å². The van der Waals surface area contributed by atoms with Crippen LogP contribution in [0.15, 0.2) is 60.0 Å². The van der Waals surface area contributed by atoms with Gasteiger partial charge in [0.15, 0.2) is 11.5 Å². The second-order valence-corrected chi connectivity index (χ2v) is 8.00. The Kier molecular flexibility index (Phi) is 6.74. The molecule has 148 valence electrons. The Bertz CT molecular complexity index is 1020. The van der Waals surface area contributed by atoms with Gasteiger partial charge in [-0.2, -0.15) is 0 Å². The van der Waals surface area contributed by atoms with Gasteiger partial charge in [-0.05, 0) is 48.0 Å². The predicted octanol–water partition coefficient (Wildman–Crippen LogP) is 4.96. The molecule has 0 spiro atoms. The monoisotopic (exact) mass is 445 g/mol. The first-order valence-corrected chi connectivity index (χ1v) is 10.0. The summed E-state index contributed by atoms with van der Waals surface area (Å²) in [5, 5.41) is 0.530. The highest BCUT2D eigenvalue weighted by molar-refractivity contribution is 8.26. The Morgan fingerprint density at radius 1 is 1.24 bits per heavy atom. The number of nitrogens with zero attached hydrogens (tertiary/aromatic N) is 1. The molecule has 8 heteroatoms. The number of thiocarbonyl (C=S) groups is 1.